The molecule has 0 atom stereocenters. The Labute approximate surface area is 118 Å². The van der Waals surface area contributed by atoms with Crippen LogP contribution in [0.25, 0.3) is 0 Å². The third-order valence-electron chi connectivity index (χ3n) is 2.50. The molecule has 0 bridgehead atoms. The number of amides is 1. The summed E-state index contributed by atoms with van der Waals surface area (Å²) in [6.07, 6.45) is 2.71. The maximum absolute atomic E-state index is 12.0. The van der Waals surface area contributed by atoms with E-state index in [1.165, 1.54) is 30.6 Å². The first kappa shape index (κ1) is 13.8. The van der Waals surface area contributed by atoms with Gasteiger partial charge in [0, 0.05) is 12.4 Å². The monoisotopic (exact) mass is 292 g/mol. The van der Waals surface area contributed by atoms with Gasteiger partial charge in [0.15, 0.2) is 0 Å². The van der Waals surface area contributed by atoms with E-state index in [4.69, 9.17) is 16.7 Å². The maximum Gasteiger partial charge on any atom is 0.337 e. The van der Waals surface area contributed by atoms with Gasteiger partial charge < -0.3 is 15.5 Å². The van der Waals surface area contributed by atoms with Crippen molar-refractivity contribution in [3.63, 3.8) is 0 Å². The zero-order valence-electron chi connectivity index (χ0n) is 10.0. The number of carboxylic acids is 1. The molecule has 0 aliphatic heterocycles. The quantitative estimate of drug-likeness (QED) is 0.754. The van der Waals surface area contributed by atoms with E-state index in [1.54, 1.807) is 0 Å². The van der Waals surface area contributed by atoms with Crippen molar-refractivity contribution in [3.8, 4) is 5.75 Å². The predicted molar refractivity (Wildman–Crippen MR) is 72.3 cm³/mol. The summed E-state index contributed by atoms with van der Waals surface area (Å²) in [5, 5.41) is 20.9. The molecule has 2 rings (SSSR count). The van der Waals surface area contributed by atoms with Crippen molar-refractivity contribution in [3.05, 3.63) is 52.8 Å². The Hall–Kier alpha value is -2.60. The van der Waals surface area contributed by atoms with E-state index in [-0.39, 0.29) is 27.6 Å². The predicted octanol–water partition coefficient (Wildman–Crippen LogP) is 2.39. The van der Waals surface area contributed by atoms with Crippen LogP contribution in [0.1, 0.15) is 20.7 Å². The zero-order chi connectivity index (χ0) is 14.7. The minimum absolute atomic E-state index is 0.0631. The van der Waals surface area contributed by atoms with Gasteiger partial charge in [0.05, 0.1) is 21.8 Å². The lowest BCUT2D eigenvalue weighted by atomic mass is 10.1. The Morgan fingerprint density at radius 3 is 2.60 bits per heavy atom. The Morgan fingerprint density at radius 1 is 1.20 bits per heavy atom. The molecule has 1 aromatic heterocycles. The average molecular weight is 293 g/mol. The molecular formula is C13H9ClN2O4. The van der Waals surface area contributed by atoms with Crippen molar-refractivity contribution in [1.82, 2.24) is 4.98 Å². The number of aromatic carboxylic acids is 1. The zero-order valence-corrected chi connectivity index (χ0v) is 10.8. The summed E-state index contributed by atoms with van der Waals surface area (Å²) in [6.45, 7) is 0. The number of nitrogens with one attached hydrogen (secondary N) is 1. The molecule has 1 heterocycles. The molecule has 3 N–H and O–H groups in total. The van der Waals surface area contributed by atoms with Crippen LogP contribution in [-0.2, 0) is 0 Å². The van der Waals surface area contributed by atoms with Crippen molar-refractivity contribution in [2.45, 2.75) is 0 Å². The molecule has 102 valence electrons. The van der Waals surface area contributed by atoms with Crippen LogP contribution in [-0.4, -0.2) is 27.1 Å². The first-order chi connectivity index (χ1) is 9.49. The fraction of sp³-hybridized carbons (Fsp3) is 0. The Bertz CT molecular complexity index is 688. The molecule has 0 aliphatic rings. The average Bonchev–Trinajstić information content (AvgIpc) is 2.41. The number of aromatic nitrogens is 1. The fourth-order valence-corrected chi connectivity index (χ4v) is 1.77. The fourth-order valence-electron chi connectivity index (χ4n) is 1.57. The number of phenols is 1. The van der Waals surface area contributed by atoms with Gasteiger partial charge in [-0.05, 0) is 24.3 Å². The second-order valence-electron chi connectivity index (χ2n) is 3.84. The van der Waals surface area contributed by atoms with Crippen molar-refractivity contribution >= 4 is 29.2 Å². The lowest BCUT2D eigenvalue weighted by Gasteiger charge is -2.09. The number of benzene rings is 1. The number of carboxylic acid groups (broad SMARTS) is 1. The number of hydrogen-bond acceptors (Lipinski definition) is 4. The normalized spacial score (nSPS) is 10.1. The lowest BCUT2D eigenvalue weighted by molar-refractivity contribution is 0.0697. The van der Waals surface area contributed by atoms with E-state index in [2.05, 4.69) is 10.3 Å². The number of halogens is 1. The van der Waals surface area contributed by atoms with Gasteiger partial charge in [-0.1, -0.05) is 11.6 Å². The number of phenolic OH excluding ortho intramolecular Hbond substituents is 1. The summed E-state index contributed by atoms with van der Waals surface area (Å²) in [4.78, 5) is 26.8. The summed E-state index contributed by atoms with van der Waals surface area (Å²) in [5.41, 5.74) is 0.0165. The van der Waals surface area contributed by atoms with E-state index < -0.39 is 11.9 Å². The molecule has 1 aromatic carbocycles. The van der Waals surface area contributed by atoms with Gasteiger partial charge in [0.2, 0.25) is 0 Å². The molecule has 0 spiro atoms. The van der Waals surface area contributed by atoms with Crippen LogP contribution in [0.4, 0.5) is 5.69 Å². The standard InChI is InChI=1S/C13H9ClN2O4/c14-10-6-15-4-3-8(10)12(18)16-11-2-1-7(17)5-9(11)13(19)20/h1-6,17H,(H,16,18)(H,19,20). The van der Waals surface area contributed by atoms with E-state index >= 15 is 0 Å². The Balaban J connectivity index is 2.33. The largest absolute Gasteiger partial charge is 0.508 e. The molecule has 0 aliphatic carbocycles. The molecule has 6 nitrogen and oxygen atoms in total. The molecular weight excluding hydrogens is 284 g/mol. The molecule has 20 heavy (non-hydrogen) atoms. The maximum atomic E-state index is 12.0. The van der Waals surface area contributed by atoms with Crippen LogP contribution in [0.5, 0.6) is 5.75 Å². The third-order valence-corrected chi connectivity index (χ3v) is 2.80. The number of rotatable bonds is 3. The second kappa shape index (κ2) is 5.58. The minimum Gasteiger partial charge on any atom is -0.508 e. The highest BCUT2D eigenvalue weighted by Gasteiger charge is 2.16. The van der Waals surface area contributed by atoms with Crippen molar-refractivity contribution in [2.75, 3.05) is 5.32 Å². The Morgan fingerprint density at radius 2 is 1.95 bits per heavy atom. The van der Waals surface area contributed by atoms with Gasteiger partial charge in [0.25, 0.3) is 5.91 Å². The Kier molecular flexibility index (Phi) is 3.86. The van der Waals surface area contributed by atoms with Crippen molar-refractivity contribution in [1.29, 1.82) is 0 Å². The third kappa shape index (κ3) is 2.86. The van der Waals surface area contributed by atoms with Crippen LogP contribution in [0.3, 0.4) is 0 Å². The second-order valence-corrected chi connectivity index (χ2v) is 4.25. The molecule has 7 heteroatoms. The van der Waals surface area contributed by atoms with E-state index in [0.717, 1.165) is 6.07 Å². The highest BCUT2D eigenvalue weighted by atomic mass is 35.5. The van der Waals surface area contributed by atoms with Gasteiger partial charge in [-0.3, -0.25) is 9.78 Å². The van der Waals surface area contributed by atoms with E-state index in [9.17, 15) is 14.7 Å². The first-order valence-corrected chi connectivity index (χ1v) is 5.84. The van der Waals surface area contributed by atoms with Gasteiger partial charge in [-0.15, -0.1) is 0 Å². The first-order valence-electron chi connectivity index (χ1n) is 5.46. The molecule has 2 aromatic rings. The number of pyridine rings is 1. The molecule has 0 fully saturated rings. The molecule has 0 saturated carbocycles. The van der Waals surface area contributed by atoms with Gasteiger partial charge >= 0.3 is 5.97 Å². The van der Waals surface area contributed by atoms with Crippen LogP contribution >= 0.6 is 11.6 Å². The summed E-state index contributed by atoms with van der Waals surface area (Å²) in [7, 11) is 0. The molecule has 0 radical (unpaired) electrons. The SMILES string of the molecule is O=C(Nc1ccc(O)cc1C(=O)O)c1ccncc1Cl. The van der Waals surface area contributed by atoms with Gasteiger partial charge in [-0.2, -0.15) is 0 Å². The number of carbonyl (C=O) groups excluding carboxylic acids is 1. The number of carbonyl (C=O) groups is 2. The van der Waals surface area contributed by atoms with Crippen molar-refractivity contribution < 1.29 is 19.8 Å². The van der Waals surface area contributed by atoms with E-state index in [1.807, 2.05) is 0 Å². The molecule has 1 amide bonds. The van der Waals surface area contributed by atoms with Crippen LogP contribution in [0, 0.1) is 0 Å². The summed E-state index contributed by atoms with van der Waals surface area (Å²) in [5.74, 6) is -2.04. The lowest BCUT2D eigenvalue weighted by Crippen LogP contribution is -2.15. The highest BCUT2D eigenvalue weighted by molar-refractivity contribution is 6.34. The van der Waals surface area contributed by atoms with Gasteiger partial charge in [-0.25, -0.2) is 4.79 Å². The summed E-state index contributed by atoms with van der Waals surface area (Å²) < 4.78 is 0. The van der Waals surface area contributed by atoms with Crippen LogP contribution < -0.4 is 5.32 Å². The number of hydrogen-bond donors (Lipinski definition) is 3. The summed E-state index contributed by atoms with van der Waals surface area (Å²) in [6, 6.07) is 5.03. The van der Waals surface area contributed by atoms with Gasteiger partial charge in [0.1, 0.15) is 5.75 Å². The number of aromatic hydroxyl groups is 1. The topological polar surface area (TPSA) is 99.5 Å². The minimum atomic E-state index is -1.27. The van der Waals surface area contributed by atoms with Crippen LogP contribution in [0.15, 0.2) is 36.7 Å². The number of anilines is 1. The smallest absolute Gasteiger partial charge is 0.337 e. The number of nitrogens with zero attached hydrogens (tertiary/aromatic N) is 1. The van der Waals surface area contributed by atoms with Crippen LogP contribution in [0.2, 0.25) is 5.02 Å². The van der Waals surface area contributed by atoms with E-state index in [0.29, 0.717) is 0 Å². The summed E-state index contributed by atoms with van der Waals surface area (Å²) >= 11 is 5.83. The molecule has 0 saturated heterocycles. The molecule has 0 unspecified atom stereocenters. The van der Waals surface area contributed by atoms with Crippen molar-refractivity contribution in [2.24, 2.45) is 0 Å². The highest BCUT2D eigenvalue weighted by Crippen LogP contribution is 2.23.